The van der Waals surface area contributed by atoms with Crippen molar-refractivity contribution in [2.75, 3.05) is 13.1 Å². The van der Waals surface area contributed by atoms with Gasteiger partial charge in [-0.1, -0.05) is 29.3 Å². The Morgan fingerprint density at radius 3 is 2.47 bits per heavy atom. The van der Waals surface area contributed by atoms with Crippen LogP contribution in [0.3, 0.4) is 0 Å². The summed E-state index contributed by atoms with van der Waals surface area (Å²) < 4.78 is 0. The lowest BCUT2D eigenvalue weighted by Gasteiger charge is -2.34. The fourth-order valence-corrected chi connectivity index (χ4v) is 2.56. The van der Waals surface area contributed by atoms with Crippen LogP contribution in [0.2, 0.25) is 10.0 Å². The van der Waals surface area contributed by atoms with Gasteiger partial charge in [-0.05, 0) is 37.5 Å². The van der Waals surface area contributed by atoms with Gasteiger partial charge in [-0.2, -0.15) is 0 Å². The maximum absolute atomic E-state index is 9.49. The van der Waals surface area contributed by atoms with E-state index >= 15 is 0 Å². The lowest BCUT2D eigenvalue weighted by atomic mass is 10.0. The van der Waals surface area contributed by atoms with Crippen LogP contribution >= 0.6 is 23.2 Å². The van der Waals surface area contributed by atoms with Gasteiger partial charge in [0.2, 0.25) is 0 Å². The number of likely N-dealkylation sites (tertiary alicyclic amines) is 1. The molecule has 94 valence electrons. The predicted molar refractivity (Wildman–Crippen MR) is 71.7 cm³/mol. The summed E-state index contributed by atoms with van der Waals surface area (Å²) in [5, 5.41) is 10.7. The molecule has 1 aliphatic heterocycles. The third-order valence-corrected chi connectivity index (χ3v) is 4.21. The largest absolute Gasteiger partial charge is 0.393 e. The van der Waals surface area contributed by atoms with E-state index in [9.17, 15) is 5.11 Å². The van der Waals surface area contributed by atoms with Crippen LogP contribution in [0, 0.1) is 0 Å². The number of aliphatic hydroxyl groups excluding tert-OH is 1. The summed E-state index contributed by atoms with van der Waals surface area (Å²) in [6.07, 6.45) is 1.57. The van der Waals surface area contributed by atoms with E-state index < -0.39 is 0 Å². The molecule has 1 aliphatic rings. The molecule has 1 saturated heterocycles. The zero-order valence-electron chi connectivity index (χ0n) is 9.87. The van der Waals surface area contributed by atoms with Gasteiger partial charge in [0.1, 0.15) is 0 Å². The molecule has 0 aromatic heterocycles. The van der Waals surface area contributed by atoms with Crippen LogP contribution in [0.4, 0.5) is 0 Å². The highest BCUT2D eigenvalue weighted by Crippen LogP contribution is 2.29. The van der Waals surface area contributed by atoms with E-state index in [1.165, 1.54) is 5.56 Å². The summed E-state index contributed by atoms with van der Waals surface area (Å²) in [7, 11) is 0. The Labute approximate surface area is 112 Å². The summed E-state index contributed by atoms with van der Waals surface area (Å²) in [6.45, 7) is 4.03. The van der Waals surface area contributed by atoms with Gasteiger partial charge in [0, 0.05) is 19.1 Å². The van der Waals surface area contributed by atoms with Crippen molar-refractivity contribution in [2.24, 2.45) is 0 Å². The lowest BCUT2D eigenvalue weighted by Crippen LogP contribution is -2.37. The first-order valence-electron chi connectivity index (χ1n) is 5.95. The normalized spacial score (nSPS) is 20.5. The topological polar surface area (TPSA) is 23.5 Å². The molecule has 2 rings (SSSR count). The van der Waals surface area contributed by atoms with Crippen LogP contribution in [-0.2, 0) is 0 Å². The molecule has 1 unspecified atom stereocenters. The summed E-state index contributed by atoms with van der Waals surface area (Å²) >= 11 is 11.9. The molecule has 1 aromatic carbocycles. The molecule has 17 heavy (non-hydrogen) atoms. The van der Waals surface area contributed by atoms with Crippen molar-refractivity contribution in [1.82, 2.24) is 4.90 Å². The number of benzene rings is 1. The molecule has 0 spiro atoms. The van der Waals surface area contributed by atoms with Gasteiger partial charge >= 0.3 is 0 Å². The Morgan fingerprint density at radius 1 is 1.24 bits per heavy atom. The van der Waals surface area contributed by atoms with Gasteiger partial charge in [-0.15, -0.1) is 0 Å². The molecule has 0 radical (unpaired) electrons. The predicted octanol–water partition coefficient (Wildman–Crippen LogP) is 3.51. The highest BCUT2D eigenvalue weighted by molar-refractivity contribution is 6.42. The number of rotatable bonds is 2. The van der Waals surface area contributed by atoms with Crippen molar-refractivity contribution >= 4 is 23.2 Å². The highest BCUT2D eigenvalue weighted by atomic mass is 35.5. The first-order valence-corrected chi connectivity index (χ1v) is 6.70. The van der Waals surface area contributed by atoms with Gasteiger partial charge in [-0.25, -0.2) is 0 Å². The molecule has 1 heterocycles. The Kier molecular flexibility index (Phi) is 4.31. The van der Waals surface area contributed by atoms with E-state index in [0.29, 0.717) is 16.1 Å². The Bertz CT molecular complexity index is 389. The van der Waals surface area contributed by atoms with Gasteiger partial charge < -0.3 is 5.11 Å². The minimum Gasteiger partial charge on any atom is -0.393 e. The van der Waals surface area contributed by atoms with E-state index in [0.717, 1.165) is 25.9 Å². The van der Waals surface area contributed by atoms with Gasteiger partial charge in [-0.3, -0.25) is 4.90 Å². The summed E-state index contributed by atoms with van der Waals surface area (Å²) in [5.41, 5.74) is 1.18. The minimum atomic E-state index is -0.132. The van der Waals surface area contributed by atoms with Gasteiger partial charge in [0.25, 0.3) is 0 Å². The summed E-state index contributed by atoms with van der Waals surface area (Å²) in [4.78, 5) is 2.37. The number of aliphatic hydroxyl groups is 1. The number of hydrogen-bond acceptors (Lipinski definition) is 2. The summed E-state index contributed by atoms with van der Waals surface area (Å²) in [6, 6.07) is 6.11. The lowest BCUT2D eigenvalue weighted by molar-refractivity contribution is 0.0645. The van der Waals surface area contributed by atoms with Crippen LogP contribution in [0.1, 0.15) is 31.4 Å². The maximum atomic E-state index is 9.49. The minimum absolute atomic E-state index is 0.132. The SMILES string of the molecule is CC(c1ccc(Cl)c(Cl)c1)N1CCC(O)CC1. The van der Waals surface area contributed by atoms with Crippen molar-refractivity contribution < 1.29 is 5.11 Å². The van der Waals surface area contributed by atoms with Crippen molar-refractivity contribution in [3.63, 3.8) is 0 Å². The van der Waals surface area contributed by atoms with Crippen molar-refractivity contribution in [3.8, 4) is 0 Å². The second-order valence-electron chi connectivity index (χ2n) is 4.62. The van der Waals surface area contributed by atoms with E-state index in [-0.39, 0.29) is 6.10 Å². The summed E-state index contributed by atoms with van der Waals surface area (Å²) in [5.74, 6) is 0. The molecule has 0 saturated carbocycles. The number of hydrogen-bond donors (Lipinski definition) is 1. The van der Waals surface area contributed by atoms with Gasteiger partial charge in [0.15, 0.2) is 0 Å². The second kappa shape index (κ2) is 5.57. The average molecular weight is 274 g/mol. The number of nitrogens with zero attached hydrogens (tertiary/aromatic N) is 1. The monoisotopic (exact) mass is 273 g/mol. The van der Waals surface area contributed by atoms with Crippen LogP contribution in [0.25, 0.3) is 0 Å². The molecular formula is C13H17Cl2NO. The van der Waals surface area contributed by atoms with Crippen molar-refractivity contribution in [2.45, 2.75) is 31.9 Å². The molecule has 0 aliphatic carbocycles. The number of piperidine rings is 1. The fourth-order valence-electron chi connectivity index (χ4n) is 2.26. The first kappa shape index (κ1) is 13.2. The average Bonchev–Trinajstić information content (AvgIpc) is 2.33. The van der Waals surface area contributed by atoms with Crippen LogP contribution < -0.4 is 0 Å². The van der Waals surface area contributed by atoms with Crippen LogP contribution in [-0.4, -0.2) is 29.2 Å². The Hall–Kier alpha value is -0.280. The van der Waals surface area contributed by atoms with E-state index in [1.807, 2.05) is 18.2 Å². The third-order valence-electron chi connectivity index (χ3n) is 3.47. The molecule has 1 atom stereocenters. The molecular weight excluding hydrogens is 257 g/mol. The zero-order valence-corrected chi connectivity index (χ0v) is 11.4. The number of halogens is 2. The van der Waals surface area contributed by atoms with E-state index in [2.05, 4.69) is 11.8 Å². The molecule has 4 heteroatoms. The second-order valence-corrected chi connectivity index (χ2v) is 5.43. The highest BCUT2D eigenvalue weighted by Gasteiger charge is 2.22. The first-order chi connectivity index (χ1) is 8.08. The molecule has 1 N–H and O–H groups in total. The Balaban J connectivity index is 2.08. The molecule has 0 bridgehead atoms. The van der Waals surface area contributed by atoms with E-state index in [4.69, 9.17) is 23.2 Å². The maximum Gasteiger partial charge on any atom is 0.0595 e. The van der Waals surface area contributed by atoms with Crippen LogP contribution in [0.15, 0.2) is 18.2 Å². The molecule has 1 aromatic rings. The van der Waals surface area contributed by atoms with Gasteiger partial charge in [0.05, 0.1) is 16.1 Å². The van der Waals surface area contributed by atoms with Crippen molar-refractivity contribution in [1.29, 1.82) is 0 Å². The van der Waals surface area contributed by atoms with E-state index in [1.54, 1.807) is 0 Å². The molecule has 0 amide bonds. The third kappa shape index (κ3) is 3.14. The van der Waals surface area contributed by atoms with Crippen LogP contribution in [0.5, 0.6) is 0 Å². The standard InChI is InChI=1S/C13H17Cl2NO/c1-9(16-6-4-11(17)5-7-16)10-2-3-12(14)13(15)8-10/h2-3,8-9,11,17H,4-7H2,1H3. The fraction of sp³-hybridized carbons (Fsp3) is 0.538. The molecule has 2 nitrogen and oxygen atoms in total. The Morgan fingerprint density at radius 2 is 1.88 bits per heavy atom. The smallest absolute Gasteiger partial charge is 0.0595 e. The zero-order chi connectivity index (χ0) is 12.4. The van der Waals surface area contributed by atoms with Crippen molar-refractivity contribution in [3.05, 3.63) is 33.8 Å². The molecule has 1 fully saturated rings. The quantitative estimate of drug-likeness (QED) is 0.892.